The molecule has 18 heavy (non-hydrogen) atoms. The third kappa shape index (κ3) is 3.42. The molecule has 0 aromatic carbocycles. The van der Waals surface area contributed by atoms with E-state index in [1.165, 1.54) is 6.26 Å². The van der Waals surface area contributed by atoms with Crippen molar-refractivity contribution in [2.75, 3.05) is 58.6 Å². The highest BCUT2D eigenvalue weighted by Crippen LogP contribution is 2.12. The van der Waals surface area contributed by atoms with Crippen molar-refractivity contribution in [1.82, 2.24) is 19.4 Å². The predicted octanol–water partition coefficient (Wildman–Crippen LogP) is -1.19. The minimum atomic E-state index is -3.02. The van der Waals surface area contributed by atoms with Gasteiger partial charge in [-0.15, -0.1) is 0 Å². The van der Waals surface area contributed by atoms with Crippen molar-refractivity contribution in [1.29, 1.82) is 0 Å². The van der Waals surface area contributed by atoms with Crippen LogP contribution in [0.25, 0.3) is 0 Å². The van der Waals surface area contributed by atoms with Gasteiger partial charge in [-0.05, 0) is 6.92 Å². The highest BCUT2D eigenvalue weighted by atomic mass is 32.2. The molecule has 2 saturated heterocycles. The summed E-state index contributed by atoms with van der Waals surface area (Å²) in [6, 6.07) is 0. The SMILES string of the molecule is CC(N1CCNCC1)N1CCN(S(C)(=O)=O)CC1. The summed E-state index contributed by atoms with van der Waals surface area (Å²) in [5.74, 6) is 0. The first-order valence-electron chi connectivity index (χ1n) is 6.62. The van der Waals surface area contributed by atoms with Crippen LogP contribution in [0.4, 0.5) is 0 Å². The zero-order chi connectivity index (χ0) is 13.2. The predicted molar refractivity (Wildman–Crippen MR) is 71.9 cm³/mol. The van der Waals surface area contributed by atoms with E-state index in [0.29, 0.717) is 19.3 Å². The molecule has 2 heterocycles. The van der Waals surface area contributed by atoms with Crippen molar-refractivity contribution in [2.24, 2.45) is 0 Å². The van der Waals surface area contributed by atoms with Crippen molar-refractivity contribution in [2.45, 2.75) is 13.1 Å². The van der Waals surface area contributed by atoms with Gasteiger partial charge in [0.05, 0.1) is 12.4 Å². The van der Waals surface area contributed by atoms with Crippen LogP contribution in [0.1, 0.15) is 6.92 Å². The van der Waals surface area contributed by atoms with Gasteiger partial charge >= 0.3 is 0 Å². The average molecular weight is 276 g/mol. The molecule has 0 aromatic rings. The number of nitrogens with zero attached hydrogens (tertiary/aromatic N) is 3. The summed E-state index contributed by atoms with van der Waals surface area (Å²) in [6.45, 7) is 9.38. The molecule has 0 radical (unpaired) electrons. The maximum atomic E-state index is 11.5. The van der Waals surface area contributed by atoms with Gasteiger partial charge in [0.25, 0.3) is 0 Å². The van der Waals surface area contributed by atoms with Crippen LogP contribution in [0, 0.1) is 0 Å². The molecule has 0 aromatic heterocycles. The van der Waals surface area contributed by atoms with Crippen molar-refractivity contribution in [3.63, 3.8) is 0 Å². The lowest BCUT2D eigenvalue weighted by molar-refractivity contribution is 0.0261. The third-order valence-corrected chi connectivity index (χ3v) is 5.25. The molecule has 7 heteroatoms. The molecular formula is C11H24N4O2S. The summed E-state index contributed by atoms with van der Waals surface area (Å²) in [5.41, 5.74) is 0. The summed E-state index contributed by atoms with van der Waals surface area (Å²) in [7, 11) is -3.02. The standard InChI is InChI=1S/C11H24N4O2S/c1-11(13-5-3-12-4-6-13)14-7-9-15(10-8-14)18(2,16)17/h11-12H,3-10H2,1-2H3. The minimum absolute atomic E-state index is 0.411. The van der Waals surface area contributed by atoms with Crippen molar-refractivity contribution >= 4 is 10.0 Å². The molecule has 0 bridgehead atoms. The number of sulfonamides is 1. The monoisotopic (exact) mass is 276 g/mol. The van der Waals surface area contributed by atoms with E-state index in [1.807, 2.05) is 0 Å². The van der Waals surface area contributed by atoms with Crippen LogP contribution in [0.2, 0.25) is 0 Å². The Hall–Kier alpha value is -0.210. The van der Waals surface area contributed by atoms with E-state index in [9.17, 15) is 8.42 Å². The Balaban J connectivity index is 1.85. The van der Waals surface area contributed by atoms with E-state index in [0.717, 1.165) is 39.3 Å². The molecule has 2 aliphatic heterocycles. The zero-order valence-corrected chi connectivity index (χ0v) is 12.1. The summed E-state index contributed by atoms with van der Waals surface area (Å²) in [4.78, 5) is 4.85. The van der Waals surface area contributed by atoms with E-state index in [1.54, 1.807) is 4.31 Å². The van der Waals surface area contributed by atoms with Crippen LogP contribution >= 0.6 is 0 Å². The molecule has 1 N–H and O–H groups in total. The highest BCUT2D eigenvalue weighted by molar-refractivity contribution is 7.88. The van der Waals surface area contributed by atoms with Crippen LogP contribution in [-0.4, -0.2) is 87.3 Å². The molecule has 0 aliphatic carbocycles. The lowest BCUT2D eigenvalue weighted by Gasteiger charge is -2.43. The van der Waals surface area contributed by atoms with Crippen molar-refractivity contribution in [3.05, 3.63) is 0 Å². The van der Waals surface area contributed by atoms with Crippen molar-refractivity contribution < 1.29 is 8.42 Å². The number of rotatable bonds is 3. The summed E-state index contributed by atoms with van der Waals surface area (Å²) in [5, 5.41) is 3.35. The van der Waals surface area contributed by atoms with E-state index >= 15 is 0 Å². The number of nitrogens with one attached hydrogen (secondary N) is 1. The topological polar surface area (TPSA) is 55.9 Å². The third-order valence-electron chi connectivity index (χ3n) is 3.95. The second-order valence-corrected chi connectivity index (χ2v) is 7.10. The van der Waals surface area contributed by atoms with Gasteiger partial charge in [0, 0.05) is 52.4 Å². The Bertz CT molecular complexity index is 359. The zero-order valence-electron chi connectivity index (χ0n) is 11.3. The Labute approximate surface area is 110 Å². The van der Waals surface area contributed by atoms with Crippen LogP contribution in [-0.2, 0) is 10.0 Å². The molecule has 106 valence electrons. The van der Waals surface area contributed by atoms with E-state index in [2.05, 4.69) is 22.0 Å². The Morgan fingerprint density at radius 2 is 1.44 bits per heavy atom. The highest BCUT2D eigenvalue weighted by Gasteiger charge is 2.28. The molecule has 6 nitrogen and oxygen atoms in total. The quantitative estimate of drug-likeness (QED) is 0.703. The fourth-order valence-electron chi connectivity index (χ4n) is 2.70. The Morgan fingerprint density at radius 1 is 0.944 bits per heavy atom. The van der Waals surface area contributed by atoms with Crippen LogP contribution < -0.4 is 5.32 Å². The van der Waals surface area contributed by atoms with E-state index in [4.69, 9.17) is 0 Å². The van der Waals surface area contributed by atoms with Crippen LogP contribution in [0.3, 0.4) is 0 Å². The van der Waals surface area contributed by atoms with Gasteiger partial charge in [0.1, 0.15) is 0 Å². The molecule has 0 spiro atoms. The number of hydrogen-bond acceptors (Lipinski definition) is 5. The Morgan fingerprint density at radius 3 is 1.94 bits per heavy atom. The fourth-order valence-corrected chi connectivity index (χ4v) is 3.52. The smallest absolute Gasteiger partial charge is 0.211 e. The average Bonchev–Trinajstić information content (AvgIpc) is 2.38. The second-order valence-electron chi connectivity index (χ2n) is 5.12. The molecule has 2 aliphatic rings. The fraction of sp³-hybridized carbons (Fsp3) is 1.00. The molecule has 2 fully saturated rings. The number of hydrogen-bond donors (Lipinski definition) is 1. The first-order valence-corrected chi connectivity index (χ1v) is 8.47. The second kappa shape index (κ2) is 5.83. The van der Waals surface area contributed by atoms with Gasteiger partial charge < -0.3 is 5.32 Å². The van der Waals surface area contributed by atoms with Gasteiger partial charge in [-0.2, -0.15) is 4.31 Å². The summed E-state index contributed by atoms with van der Waals surface area (Å²) < 4.78 is 24.5. The summed E-state index contributed by atoms with van der Waals surface area (Å²) in [6.07, 6.45) is 1.70. The van der Waals surface area contributed by atoms with Gasteiger partial charge in [0.15, 0.2) is 0 Å². The summed E-state index contributed by atoms with van der Waals surface area (Å²) >= 11 is 0. The van der Waals surface area contributed by atoms with Gasteiger partial charge in [-0.1, -0.05) is 0 Å². The minimum Gasteiger partial charge on any atom is -0.314 e. The first-order chi connectivity index (χ1) is 8.48. The lowest BCUT2D eigenvalue weighted by Crippen LogP contribution is -2.58. The maximum Gasteiger partial charge on any atom is 0.211 e. The molecule has 1 atom stereocenters. The maximum absolute atomic E-state index is 11.5. The van der Waals surface area contributed by atoms with Gasteiger partial charge in [-0.25, -0.2) is 8.42 Å². The first kappa shape index (κ1) is 14.2. The molecule has 0 amide bonds. The molecule has 1 unspecified atom stereocenters. The molecular weight excluding hydrogens is 252 g/mol. The van der Waals surface area contributed by atoms with Crippen LogP contribution in [0.5, 0.6) is 0 Å². The van der Waals surface area contributed by atoms with Gasteiger partial charge in [0.2, 0.25) is 10.0 Å². The van der Waals surface area contributed by atoms with Gasteiger partial charge in [-0.3, -0.25) is 9.80 Å². The lowest BCUT2D eigenvalue weighted by atomic mass is 10.2. The Kier molecular flexibility index (Phi) is 4.60. The number of piperazine rings is 2. The van der Waals surface area contributed by atoms with E-state index in [-0.39, 0.29) is 0 Å². The largest absolute Gasteiger partial charge is 0.314 e. The van der Waals surface area contributed by atoms with Crippen LogP contribution in [0.15, 0.2) is 0 Å². The van der Waals surface area contributed by atoms with E-state index < -0.39 is 10.0 Å². The van der Waals surface area contributed by atoms with Crippen molar-refractivity contribution in [3.8, 4) is 0 Å². The normalized spacial score (nSPS) is 27.2. The molecule has 0 saturated carbocycles. The molecule has 2 rings (SSSR count).